The molecular weight excluding hydrogens is 344 g/mol. The van der Waals surface area contributed by atoms with Gasteiger partial charge in [0.1, 0.15) is 6.10 Å². The molecule has 0 radical (unpaired) electrons. The number of nitrogens with zero attached hydrogens (tertiary/aromatic N) is 3. The third kappa shape index (κ3) is 4.20. The molecule has 4 rings (SSSR count). The predicted octanol–water partition coefficient (Wildman–Crippen LogP) is 2.46. The molecule has 0 bridgehead atoms. The number of amides is 1. The van der Waals surface area contributed by atoms with Crippen LogP contribution < -0.4 is 0 Å². The number of pyridine rings is 1. The van der Waals surface area contributed by atoms with Crippen LogP contribution in [-0.2, 0) is 9.53 Å². The first-order valence-electron chi connectivity index (χ1n) is 9.71. The number of hydrogen-bond donors (Lipinski definition) is 2. The highest BCUT2D eigenvalue weighted by Crippen LogP contribution is 2.32. The number of carbonyl (C=O) groups is 1. The number of ether oxygens (including phenoxy) is 1. The van der Waals surface area contributed by atoms with Gasteiger partial charge in [-0.05, 0) is 25.0 Å². The van der Waals surface area contributed by atoms with Crippen molar-refractivity contribution >= 4 is 5.91 Å². The summed E-state index contributed by atoms with van der Waals surface area (Å²) in [6.45, 7) is 1.51. The van der Waals surface area contributed by atoms with Crippen LogP contribution in [0.1, 0.15) is 50.3 Å². The maximum Gasteiger partial charge on any atom is 0.225 e. The van der Waals surface area contributed by atoms with Gasteiger partial charge in [-0.2, -0.15) is 5.10 Å². The van der Waals surface area contributed by atoms with Gasteiger partial charge in [0.05, 0.1) is 42.8 Å². The number of morpholine rings is 1. The van der Waals surface area contributed by atoms with E-state index in [1.165, 1.54) is 0 Å². The number of hydrogen-bond acceptors (Lipinski definition) is 5. The van der Waals surface area contributed by atoms with Crippen molar-refractivity contribution < 1.29 is 14.6 Å². The lowest BCUT2D eigenvalue weighted by Gasteiger charge is -2.37. The third-order valence-electron chi connectivity index (χ3n) is 5.58. The van der Waals surface area contributed by atoms with Gasteiger partial charge in [-0.3, -0.25) is 9.89 Å². The normalized spacial score (nSPS) is 22.6. The number of H-pyrrole nitrogens is 1. The highest BCUT2D eigenvalue weighted by Gasteiger charge is 2.35. The molecule has 0 aromatic carbocycles. The molecule has 1 aliphatic heterocycles. The van der Waals surface area contributed by atoms with Crippen LogP contribution >= 0.6 is 0 Å². The largest absolute Gasteiger partial charge is 0.389 e. The van der Waals surface area contributed by atoms with Crippen LogP contribution in [0.15, 0.2) is 30.6 Å². The summed E-state index contributed by atoms with van der Waals surface area (Å²) in [5.74, 6) is 0.0127. The third-order valence-corrected chi connectivity index (χ3v) is 5.58. The Morgan fingerprint density at radius 1 is 1.33 bits per heavy atom. The molecule has 1 atom stereocenters. The van der Waals surface area contributed by atoms with Gasteiger partial charge >= 0.3 is 0 Å². The molecule has 7 heteroatoms. The zero-order valence-corrected chi connectivity index (χ0v) is 15.4. The fourth-order valence-electron chi connectivity index (χ4n) is 4.02. The molecule has 144 valence electrons. The summed E-state index contributed by atoms with van der Waals surface area (Å²) >= 11 is 0. The van der Waals surface area contributed by atoms with E-state index in [1.54, 1.807) is 12.4 Å². The molecule has 0 unspecified atom stereocenters. The molecule has 2 aliphatic rings. The Balaban J connectivity index is 1.43. The minimum absolute atomic E-state index is 0.0127. The summed E-state index contributed by atoms with van der Waals surface area (Å²) in [6, 6.07) is 5.80. The molecule has 27 heavy (non-hydrogen) atoms. The highest BCUT2D eigenvalue weighted by atomic mass is 16.5. The second-order valence-electron chi connectivity index (χ2n) is 7.60. The monoisotopic (exact) mass is 370 g/mol. The van der Waals surface area contributed by atoms with E-state index in [2.05, 4.69) is 15.2 Å². The average molecular weight is 370 g/mol. The first-order chi connectivity index (χ1) is 13.1. The Bertz CT molecular complexity index is 771. The zero-order valence-electron chi connectivity index (χ0n) is 15.4. The van der Waals surface area contributed by atoms with Crippen molar-refractivity contribution in [1.82, 2.24) is 20.1 Å². The van der Waals surface area contributed by atoms with E-state index in [4.69, 9.17) is 4.74 Å². The van der Waals surface area contributed by atoms with Crippen LogP contribution in [0.4, 0.5) is 0 Å². The molecule has 1 saturated carbocycles. The summed E-state index contributed by atoms with van der Waals surface area (Å²) in [5, 5.41) is 17.5. The summed E-state index contributed by atoms with van der Waals surface area (Å²) in [4.78, 5) is 19.3. The van der Waals surface area contributed by atoms with Crippen LogP contribution in [0.2, 0.25) is 0 Å². The molecule has 2 fully saturated rings. The van der Waals surface area contributed by atoms with E-state index < -0.39 is 5.60 Å². The molecule has 2 aromatic rings. The standard InChI is InChI=1S/C20H26N4O3/c25-19(11-20(26)7-2-1-3-8-20)24-9-10-27-18(14-24)17-6-4-5-16(23-17)15-12-21-22-13-15/h4-6,12-13,18,26H,1-3,7-11,14H2,(H,21,22)/t18-/m0/s1. The maximum atomic E-state index is 12.8. The first-order valence-corrected chi connectivity index (χ1v) is 9.71. The molecule has 2 N–H and O–H groups in total. The molecule has 2 aromatic heterocycles. The Morgan fingerprint density at radius 2 is 2.19 bits per heavy atom. The van der Waals surface area contributed by atoms with Crippen LogP contribution in [-0.4, -0.2) is 56.4 Å². The Morgan fingerprint density at radius 3 is 2.96 bits per heavy atom. The van der Waals surface area contributed by atoms with Crippen molar-refractivity contribution in [2.45, 2.75) is 50.2 Å². The number of aliphatic hydroxyl groups is 1. The van der Waals surface area contributed by atoms with Gasteiger partial charge < -0.3 is 14.7 Å². The average Bonchev–Trinajstić information content (AvgIpc) is 3.23. The summed E-state index contributed by atoms with van der Waals surface area (Å²) < 4.78 is 5.89. The van der Waals surface area contributed by atoms with Crippen molar-refractivity contribution in [1.29, 1.82) is 0 Å². The van der Waals surface area contributed by atoms with Gasteiger partial charge in [-0.1, -0.05) is 25.3 Å². The summed E-state index contributed by atoms with van der Waals surface area (Å²) in [5.41, 5.74) is 1.72. The number of aromatic amines is 1. The predicted molar refractivity (Wildman–Crippen MR) is 99.7 cm³/mol. The lowest BCUT2D eigenvalue weighted by Crippen LogP contribution is -2.46. The fraction of sp³-hybridized carbons (Fsp3) is 0.550. The molecular formula is C20H26N4O3. The highest BCUT2D eigenvalue weighted by molar-refractivity contribution is 5.77. The smallest absolute Gasteiger partial charge is 0.225 e. The van der Waals surface area contributed by atoms with Crippen molar-refractivity contribution in [2.75, 3.05) is 19.7 Å². The van der Waals surface area contributed by atoms with E-state index in [-0.39, 0.29) is 18.4 Å². The quantitative estimate of drug-likeness (QED) is 0.863. The Kier molecular flexibility index (Phi) is 5.22. The van der Waals surface area contributed by atoms with Gasteiger partial charge in [0.2, 0.25) is 5.91 Å². The van der Waals surface area contributed by atoms with Gasteiger partial charge in [0.25, 0.3) is 0 Å². The van der Waals surface area contributed by atoms with Gasteiger partial charge in [-0.25, -0.2) is 4.98 Å². The van der Waals surface area contributed by atoms with E-state index in [0.29, 0.717) is 19.7 Å². The fourth-order valence-corrected chi connectivity index (χ4v) is 4.02. The minimum atomic E-state index is -0.831. The molecule has 1 amide bonds. The van der Waals surface area contributed by atoms with Crippen LogP contribution in [0.25, 0.3) is 11.3 Å². The van der Waals surface area contributed by atoms with E-state index in [9.17, 15) is 9.90 Å². The van der Waals surface area contributed by atoms with E-state index in [1.807, 2.05) is 23.1 Å². The second-order valence-corrected chi connectivity index (χ2v) is 7.60. The van der Waals surface area contributed by atoms with Gasteiger partial charge in [0.15, 0.2) is 0 Å². The van der Waals surface area contributed by atoms with Crippen LogP contribution in [0, 0.1) is 0 Å². The molecule has 7 nitrogen and oxygen atoms in total. The SMILES string of the molecule is O=C(CC1(O)CCCCC1)N1CCO[C@H](c2cccc(-c3cn[nH]c3)n2)C1. The van der Waals surface area contributed by atoms with Crippen molar-refractivity contribution in [3.8, 4) is 11.3 Å². The molecule has 0 spiro atoms. The zero-order chi connectivity index (χ0) is 18.7. The van der Waals surface area contributed by atoms with Crippen molar-refractivity contribution in [3.05, 3.63) is 36.3 Å². The van der Waals surface area contributed by atoms with Gasteiger partial charge in [-0.15, -0.1) is 0 Å². The Hall–Kier alpha value is -2.25. The van der Waals surface area contributed by atoms with Crippen molar-refractivity contribution in [2.24, 2.45) is 0 Å². The number of rotatable bonds is 4. The van der Waals surface area contributed by atoms with E-state index in [0.717, 1.165) is 49.1 Å². The number of carbonyl (C=O) groups excluding carboxylic acids is 1. The second kappa shape index (κ2) is 7.78. The lowest BCUT2D eigenvalue weighted by atomic mass is 9.82. The van der Waals surface area contributed by atoms with Gasteiger partial charge in [0, 0.05) is 18.3 Å². The van der Waals surface area contributed by atoms with Crippen molar-refractivity contribution in [3.63, 3.8) is 0 Å². The maximum absolute atomic E-state index is 12.8. The van der Waals surface area contributed by atoms with E-state index >= 15 is 0 Å². The van der Waals surface area contributed by atoms with Crippen LogP contribution in [0.3, 0.4) is 0 Å². The number of nitrogens with one attached hydrogen (secondary N) is 1. The topological polar surface area (TPSA) is 91.3 Å². The molecule has 1 aliphatic carbocycles. The summed E-state index contributed by atoms with van der Waals surface area (Å²) in [7, 11) is 0. The molecule has 1 saturated heterocycles. The minimum Gasteiger partial charge on any atom is -0.389 e. The molecule has 3 heterocycles. The summed E-state index contributed by atoms with van der Waals surface area (Å²) in [6.07, 6.45) is 8.08. The first kappa shape index (κ1) is 18.1. The Labute approximate surface area is 158 Å². The van der Waals surface area contributed by atoms with Crippen LogP contribution in [0.5, 0.6) is 0 Å². The lowest BCUT2D eigenvalue weighted by molar-refractivity contribution is -0.145. The number of aromatic nitrogens is 3.